The van der Waals surface area contributed by atoms with Gasteiger partial charge in [-0.3, -0.25) is 0 Å². The van der Waals surface area contributed by atoms with E-state index in [1.54, 1.807) is 0 Å². The Bertz CT molecular complexity index is 332. The first-order valence-electron chi connectivity index (χ1n) is 4.61. The van der Waals surface area contributed by atoms with Gasteiger partial charge in [0.15, 0.2) is 0 Å². The van der Waals surface area contributed by atoms with E-state index in [0.29, 0.717) is 17.7 Å². The lowest BCUT2D eigenvalue weighted by Gasteiger charge is -2.18. The van der Waals surface area contributed by atoms with Gasteiger partial charge in [0.25, 0.3) is 0 Å². The Hall–Kier alpha value is -0.910. The largest absolute Gasteiger partial charge is 0.508 e. The lowest BCUT2D eigenvalue weighted by molar-refractivity contribution is 0.0176. The van der Waals surface area contributed by atoms with Crippen LogP contribution in [0.3, 0.4) is 0 Å². The molecule has 0 aromatic heterocycles. The van der Waals surface area contributed by atoms with Gasteiger partial charge < -0.3 is 21.1 Å². The molecule has 1 aromatic rings. The third kappa shape index (κ3) is 3.02. The lowest BCUT2D eigenvalue weighted by atomic mass is 10.0. The molecule has 0 aliphatic rings. The van der Waals surface area contributed by atoms with E-state index in [9.17, 15) is 10.2 Å². The van der Waals surface area contributed by atoms with Crippen LogP contribution in [-0.4, -0.2) is 27.2 Å². The molecule has 0 saturated heterocycles. The summed E-state index contributed by atoms with van der Waals surface area (Å²) in [5.74, 6) is 0.517. The summed E-state index contributed by atoms with van der Waals surface area (Å²) in [4.78, 5) is 0. The van der Waals surface area contributed by atoms with Crippen molar-refractivity contribution in [1.82, 2.24) is 0 Å². The molecular formula is C10H15NO3S. The van der Waals surface area contributed by atoms with Gasteiger partial charge >= 0.3 is 0 Å². The number of nitrogens with two attached hydrogens (primary N) is 1. The number of aromatic hydroxyl groups is 1. The third-order valence-corrected chi connectivity index (χ3v) is 2.44. The summed E-state index contributed by atoms with van der Waals surface area (Å²) in [6.07, 6.45) is -1.56. The highest BCUT2D eigenvalue weighted by Gasteiger charge is 2.19. The first-order valence-corrected chi connectivity index (χ1v) is 5.25. The summed E-state index contributed by atoms with van der Waals surface area (Å²) in [5, 5.41) is 28.4. The Morgan fingerprint density at radius 3 is 2.53 bits per heavy atom. The van der Waals surface area contributed by atoms with Crippen LogP contribution in [0.4, 0.5) is 5.69 Å². The number of aliphatic hydroxyl groups is 2. The van der Waals surface area contributed by atoms with Crippen LogP contribution in [0.5, 0.6) is 5.75 Å². The summed E-state index contributed by atoms with van der Waals surface area (Å²) in [6.45, 7) is 0. The molecule has 2 unspecified atom stereocenters. The maximum Gasteiger partial charge on any atom is 0.117 e. The molecule has 0 aliphatic heterocycles. The molecular weight excluding hydrogens is 214 g/mol. The van der Waals surface area contributed by atoms with Gasteiger partial charge in [0.05, 0.1) is 6.10 Å². The van der Waals surface area contributed by atoms with Crippen LogP contribution >= 0.6 is 12.6 Å². The first-order chi connectivity index (χ1) is 7.06. The SMILES string of the molecule is Nc1cc(O)ccc1C(O)C(O)CCS. The number of aliphatic hydroxyl groups excluding tert-OH is 2. The van der Waals surface area contributed by atoms with Crippen LogP contribution in [0.25, 0.3) is 0 Å². The first kappa shape index (κ1) is 12.2. The Balaban J connectivity index is 2.86. The average Bonchev–Trinajstić information content (AvgIpc) is 2.17. The minimum atomic E-state index is -1.04. The molecule has 2 atom stereocenters. The van der Waals surface area contributed by atoms with E-state index in [4.69, 9.17) is 10.8 Å². The molecule has 0 spiro atoms. The molecule has 1 aromatic carbocycles. The standard InChI is InChI=1S/C10H15NO3S/c11-8-5-6(12)1-2-7(8)10(14)9(13)3-4-15/h1-2,5,9-10,12-15H,3-4,11H2. The van der Waals surface area contributed by atoms with E-state index in [2.05, 4.69) is 12.6 Å². The van der Waals surface area contributed by atoms with Crippen LogP contribution in [0.15, 0.2) is 18.2 Å². The van der Waals surface area contributed by atoms with Gasteiger partial charge in [-0.05, 0) is 18.2 Å². The van der Waals surface area contributed by atoms with Crippen LogP contribution in [0, 0.1) is 0 Å². The maximum absolute atomic E-state index is 9.75. The van der Waals surface area contributed by atoms with Crippen LogP contribution in [-0.2, 0) is 0 Å². The van der Waals surface area contributed by atoms with Crippen molar-refractivity contribution < 1.29 is 15.3 Å². The topological polar surface area (TPSA) is 86.7 Å². The average molecular weight is 229 g/mol. The zero-order valence-corrected chi connectivity index (χ0v) is 9.06. The third-order valence-electron chi connectivity index (χ3n) is 2.18. The number of anilines is 1. The van der Waals surface area contributed by atoms with Crippen molar-refractivity contribution in [1.29, 1.82) is 0 Å². The molecule has 5 heteroatoms. The maximum atomic E-state index is 9.75. The monoisotopic (exact) mass is 229 g/mol. The minimum absolute atomic E-state index is 0.0344. The number of benzene rings is 1. The Labute approximate surface area is 93.8 Å². The van der Waals surface area contributed by atoms with Crippen molar-refractivity contribution in [3.05, 3.63) is 23.8 Å². The Kier molecular flexibility index (Phi) is 4.26. The summed E-state index contributed by atoms with van der Waals surface area (Å²) >= 11 is 3.97. The van der Waals surface area contributed by atoms with Crippen LogP contribution < -0.4 is 5.73 Å². The molecule has 4 nitrogen and oxygen atoms in total. The summed E-state index contributed by atoms with van der Waals surface area (Å²) in [5.41, 5.74) is 6.29. The van der Waals surface area contributed by atoms with Crippen LogP contribution in [0.1, 0.15) is 18.1 Å². The normalized spacial score (nSPS) is 14.9. The number of phenols is 1. The number of thiol groups is 1. The van der Waals surface area contributed by atoms with E-state index < -0.39 is 12.2 Å². The second-order valence-electron chi connectivity index (χ2n) is 3.34. The molecule has 0 amide bonds. The molecule has 0 saturated carbocycles. The second kappa shape index (κ2) is 5.25. The van der Waals surface area contributed by atoms with E-state index >= 15 is 0 Å². The lowest BCUT2D eigenvalue weighted by Crippen LogP contribution is -2.19. The highest BCUT2D eigenvalue weighted by atomic mass is 32.1. The summed E-state index contributed by atoms with van der Waals surface area (Å²) in [6, 6.07) is 4.26. The molecule has 15 heavy (non-hydrogen) atoms. The van der Waals surface area contributed by atoms with E-state index in [0.717, 1.165) is 0 Å². The molecule has 0 bridgehead atoms. The van der Waals surface area contributed by atoms with Gasteiger partial charge in [-0.25, -0.2) is 0 Å². The summed E-state index contributed by atoms with van der Waals surface area (Å²) in [7, 11) is 0. The second-order valence-corrected chi connectivity index (χ2v) is 3.78. The van der Waals surface area contributed by atoms with Gasteiger partial charge in [-0.15, -0.1) is 0 Å². The van der Waals surface area contributed by atoms with Crippen LogP contribution in [0.2, 0.25) is 0 Å². The van der Waals surface area contributed by atoms with E-state index in [1.807, 2.05) is 0 Å². The van der Waals surface area contributed by atoms with Gasteiger partial charge in [-0.1, -0.05) is 6.07 Å². The number of phenolic OH excluding ortho intramolecular Hbond substituents is 1. The number of rotatable bonds is 4. The fraction of sp³-hybridized carbons (Fsp3) is 0.400. The fourth-order valence-electron chi connectivity index (χ4n) is 1.33. The zero-order chi connectivity index (χ0) is 11.4. The molecule has 0 radical (unpaired) electrons. The quantitative estimate of drug-likeness (QED) is 0.388. The molecule has 1 rings (SSSR count). The number of hydrogen-bond acceptors (Lipinski definition) is 5. The molecule has 84 valence electrons. The predicted molar refractivity (Wildman–Crippen MR) is 62.0 cm³/mol. The summed E-state index contributed by atoms with van der Waals surface area (Å²) < 4.78 is 0. The van der Waals surface area contributed by atoms with Crippen molar-refractivity contribution in [3.8, 4) is 5.75 Å². The highest BCUT2D eigenvalue weighted by molar-refractivity contribution is 7.80. The van der Waals surface area contributed by atoms with Crippen molar-refractivity contribution in [2.75, 3.05) is 11.5 Å². The predicted octanol–water partition coefficient (Wildman–Crippen LogP) is 0.689. The van der Waals surface area contributed by atoms with Crippen molar-refractivity contribution >= 4 is 18.3 Å². The van der Waals surface area contributed by atoms with Gasteiger partial charge in [0, 0.05) is 17.3 Å². The number of nitrogen functional groups attached to an aromatic ring is 1. The highest BCUT2D eigenvalue weighted by Crippen LogP contribution is 2.27. The Morgan fingerprint density at radius 2 is 2.00 bits per heavy atom. The van der Waals surface area contributed by atoms with E-state index in [1.165, 1.54) is 18.2 Å². The number of hydrogen-bond donors (Lipinski definition) is 5. The molecule has 0 aliphatic carbocycles. The molecule has 0 fully saturated rings. The molecule has 5 N–H and O–H groups in total. The molecule has 0 heterocycles. The van der Waals surface area contributed by atoms with Crippen molar-refractivity contribution in [2.45, 2.75) is 18.6 Å². The van der Waals surface area contributed by atoms with Gasteiger partial charge in [0.2, 0.25) is 0 Å². The fourth-order valence-corrected chi connectivity index (χ4v) is 1.59. The van der Waals surface area contributed by atoms with Gasteiger partial charge in [-0.2, -0.15) is 12.6 Å². The van der Waals surface area contributed by atoms with E-state index in [-0.39, 0.29) is 11.4 Å². The smallest absolute Gasteiger partial charge is 0.117 e. The van der Waals surface area contributed by atoms with Crippen molar-refractivity contribution in [2.24, 2.45) is 0 Å². The zero-order valence-electron chi connectivity index (χ0n) is 8.17. The van der Waals surface area contributed by atoms with Gasteiger partial charge in [0.1, 0.15) is 11.9 Å². The Morgan fingerprint density at radius 1 is 1.33 bits per heavy atom. The van der Waals surface area contributed by atoms with Crippen molar-refractivity contribution in [3.63, 3.8) is 0 Å². The minimum Gasteiger partial charge on any atom is -0.508 e.